The highest BCUT2D eigenvalue weighted by molar-refractivity contribution is 4.89. The monoisotopic (exact) mass is 145 g/mol. The molecule has 0 bridgehead atoms. The van der Waals surface area contributed by atoms with Crippen LogP contribution in [0.4, 0.5) is 4.39 Å². The zero-order valence-corrected chi connectivity index (χ0v) is 7.19. The molecule has 0 saturated carbocycles. The molecule has 10 heavy (non-hydrogen) atoms. The predicted octanol–water partition coefficient (Wildman–Crippen LogP) is 1.89. The third-order valence-corrected chi connectivity index (χ3v) is 2.35. The summed E-state index contributed by atoms with van der Waals surface area (Å²) in [5, 5.41) is 0. The molecule has 1 nitrogen and oxygen atoms in total. The van der Waals surface area contributed by atoms with Gasteiger partial charge < -0.3 is 0 Å². The molecule has 1 rings (SSSR count). The van der Waals surface area contributed by atoms with E-state index in [-0.39, 0.29) is 11.3 Å². The quantitative estimate of drug-likeness (QED) is 0.470. The van der Waals surface area contributed by atoms with E-state index in [2.05, 4.69) is 20.8 Å². The average Bonchev–Trinajstić information content (AvgIpc) is 1.79. The Morgan fingerprint density at radius 3 is 2.00 bits per heavy atom. The Hall–Kier alpha value is -0.110. The Morgan fingerprint density at radius 1 is 1.40 bits per heavy atom. The molecule has 0 amide bonds. The molecule has 0 radical (unpaired) electrons. The van der Waals surface area contributed by atoms with E-state index in [1.165, 1.54) is 0 Å². The van der Waals surface area contributed by atoms with Crippen molar-refractivity contribution in [1.82, 2.24) is 4.90 Å². The Labute approximate surface area is 62.2 Å². The summed E-state index contributed by atoms with van der Waals surface area (Å²) in [5.74, 6) is 0.234. The maximum Gasteiger partial charge on any atom is 0.157 e. The van der Waals surface area contributed by atoms with Crippen LogP contribution in [0, 0.1) is 11.3 Å². The minimum atomic E-state index is -0.708. The summed E-state index contributed by atoms with van der Waals surface area (Å²) in [6, 6.07) is 0. The van der Waals surface area contributed by atoms with Gasteiger partial charge in [0.1, 0.15) is 0 Å². The first kappa shape index (κ1) is 7.99. The number of halogens is 1. The van der Waals surface area contributed by atoms with Crippen LogP contribution < -0.4 is 0 Å². The molecular formula is C8H16FN. The van der Waals surface area contributed by atoms with Crippen molar-refractivity contribution in [2.75, 3.05) is 13.6 Å². The van der Waals surface area contributed by atoms with Crippen LogP contribution in [0.25, 0.3) is 0 Å². The number of rotatable bonds is 0. The standard InChI is InChI=1S/C8H16FN/c1-8(2,3)6-5-10(4)7(6)9/h6-7H,5H2,1-4H3. The Bertz CT molecular complexity index is 128. The van der Waals surface area contributed by atoms with Crippen molar-refractivity contribution in [3.05, 3.63) is 0 Å². The van der Waals surface area contributed by atoms with E-state index >= 15 is 0 Å². The molecule has 1 fully saturated rings. The van der Waals surface area contributed by atoms with Crippen LogP contribution in [0.5, 0.6) is 0 Å². The van der Waals surface area contributed by atoms with Gasteiger partial charge in [-0.25, -0.2) is 4.39 Å². The Balaban J connectivity index is 2.48. The van der Waals surface area contributed by atoms with Gasteiger partial charge in [-0.05, 0) is 12.5 Å². The fourth-order valence-electron chi connectivity index (χ4n) is 1.35. The summed E-state index contributed by atoms with van der Waals surface area (Å²) in [7, 11) is 1.83. The van der Waals surface area contributed by atoms with Gasteiger partial charge in [-0.2, -0.15) is 0 Å². The molecule has 0 aromatic rings. The summed E-state index contributed by atoms with van der Waals surface area (Å²) in [4.78, 5) is 1.75. The highest BCUT2D eigenvalue weighted by Gasteiger charge is 2.43. The van der Waals surface area contributed by atoms with Gasteiger partial charge in [-0.3, -0.25) is 4.90 Å². The van der Waals surface area contributed by atoms with Gasteiger partial charge in [-0.1, -0.05) is 20.8 Å². The maximum absolute atomic E-state index is 13.0. The second kappa shape index (κ2) is 2.19. The molecule has 1 heterocycles. The molecule has 0 N–H and O–H groups in total. The lowest BCUT2D eigenvalue weighted by atomic mass is 9.75. The van der Waals surface area contributed by atoms with Gasteiger partial charge in [0.05, 0.1) is 0 Å². The molecule has 1 aliphatic heterocycles. The topological polar surface area (TPSA) is 3.24 Å². The first-order chi connectivity index (χ1) is 4.43. The van der Waals surface area contributed by atoms with Crippen LogP contribution in [-0.2, 0) is 0 Å². The van der Waals surface area contributed by atoms with Crippen LogP contribution in [0.3, 0.4) is 0 Å². The summed E-state index contributed by atoms with van der Waals surface area (Å²) in [5.41, 5.74) is 0.131. The van der Waals surface area contributed by atoms with E-state index in [9.17, 15) is 4.39 Å². The van der Waals surface area contributed by atoms with Gasteiger partial charge in [0, 0.05) is 12.5 Å². The second-order valence-corrected chi connectivity index (χ2v) is 4.28. The van der Waals surface area contributed by atoms with E-state index in [0.29, 0.717) is 0 Å². The lowest BCUT2D eigenvalue weighted by molar-refractivity contribution is -0.102. The summed E-state index contributed by atoms with van der Waals surface area (Å²) in [6.07, 6.45) is -0.708. The number of alkyl halides is 1. The zero-order chi connectivity index (χ0) is 7.94. The molecule has 0 spiro atoms. The SMILES string of the molecule is CN1CC(C(C)(C)C)C1F. The first-order valence-corrected chi connectivity index (χ1v) is 3.77. The van der Waals surface area contributed by atoms with E-state index < -0.39 is 6.30 Å². The summed E-state index contributed by atoms with van der Waals surface area (Å²) < 4.78 is 13.0. The van der Waals surface area contributed by atoms with Gasteiger partial charge in [0.15, 0.2) is 6.30 Å². The molecule has 2 atom stereocenters. The van der Waals surface area contributed by atoms with Crippen molar-refractivity contribution < 1.29 is 4.39 Å². The third kappa shape index (κ3) is 1.17. The van der Waals surface area contributed by atoms with Gasteiger partial charge in [-0.15, -0.1) is 0 Å². The van der Waals surface area contributed by atoms with E-state index in [1.54, 1.807) is 4.90 Å². The molecule has 2 heteroatoms. The van der Waals surface area contributed by atoms with E-state index in [1.807, 2.05) is 7.05 Å². The Morgan fingerprint density at radius 2 is 1.90 bits per heavy atom. The van der Waals surface area contributed by atoms with Crippen molar-refractivity contribution in [3.63, 3.8) is 0 Å². The van der Waals surface area contributed by atoms with Gasteiger partial charge in [0.2, 0.25) is 0 Å². The average molecular weight is 145 g/mol. The minimum Gasteiger partial charge on any atom is -0.276 e. The van der Waals surface area contributed by atoms with Gasteiger partial charge in [0.25, 0.3) is 0 Å². The van der Waals surface area contributed by atoms with Crippen LogP contribution >= 0.6 is 0 Å². The molecule has 1 aliphatic rings. The number of hydrogen-bond acceptors (Lipinski definition) is 1. The minimum absolute atomic E-state index is 0.131. The maximum atomic E-state index is 13.0. The van der Waals surface area contributed by atoms with E-state index in [0.717, 1.165) is 6.54 Å². The molecule has 1 saturated heterocycles. The summed E-state index contributed by atoms with van der Waals surface area (Å²) >= 11 is 0. The normalized spacial score (nSPS) is 35.7. The van der Waals surface area contributed by atoms with E-state index in [4.69, 9.17) is 0 Å². The van der Waals surface area contributed by atoms with Crippen LogP contribution in [0.15, 0.2) is 0 Å². The fraction of sp³-hybridized carbons (Fsp3) is 1.00. The van der Waals surface area contributed by atoms with Crippen LogP contribution in [-0.4, -0.2) is 24.8 Å². The van der Waals surface area contributed by atoms with Crippen molar-refractivity contribution in [2.45, 2.75) is 27.1 Å². The molecule has 60 valence electrons. The third-order valence-electron chi connectivity index (χ3n) is 2.35. The smallest absolute Gasteiger partial charge is 0.157 e. The fourth-order valence-corrected chi connectivity index (χ4v) is 1.35. The lowest BCUT2D eigenvalue weighted by Crippen LogP contribution is -2.56. The zero-order valence-electron chi connectivity index (χ0n) is 7.19. The first-order valence-electron chi connectivity index (χ1n) is 3.77. The van der Waals surface area contributed by atoms with Crippen molar-refractivity contribution in [2.24, 2.45) is 11.3 Å². The van der Waals surface area contributed by atoms with Crippen LogP contribution in [0.2, 0.25) is 0 Å². The molecular weight excluding hydrogens is 129 g/mol. The molecule has 0 aromatic heterocycles. The number of likely N-dealkylation sites (tertiary alicyclic amines) is 1. The second-order valence-electron chi connectivity index (χ2n) is 4.28. The number of nitrogens with zero attached hydrogens (tertiary/aromatic N) is 1. The summed E-state index contributed by atoms with van der Waals surface area (Å²) in [6.45, 7) is 7.19. The van der Waals surface area contributed by atoms with Crippen molar-refractivity contribution in [1.29, 1.82) is 0 Å². The molecule has 0 aliphatic carbocycles. The number of hydrogen-bond donors (Lipinski definition) is 0. The van der Waals surface area contributed by atoms with Crippen molar-refractivity contribution in [3.8, 4) is 0 Å². The highest BCUT2D eigenvalue weighted by atomic mass is 19.1. The predicted molar refractivity (Wildman–Crippen MR) is 40.5 cm³/mol. The molecule has 2 unspecified atom stereocenters. The largest absolute Gasteiger partial charge is 0.276 e. The van der Waals surface area contributed by atoms with Gasteiger partial charge >= 0.3 is 0 Å². The lowest BCUT2D eigenvalue weighted by Gasteiger charge is -2.47. The van der Waals surface area contributed by atoms with Crippen LogP contribution in [0.1, 0.15) is 20.8 Å². The Kier molecular flexibility index (Phi) is 1.75. The van der Waals surface area contributed by atoms with Crippen molar-refractivity contribution >= 4 is 0 Å². The highest BCUT2D eigenvalue weighted by Crippen LogP contribution is 2.38. The molecule has 0 aromatic carbocycles.